The number of amides is 2. The van der Waals surface area contributed by atoms with E-state index in [1.165, 1.54) is 9.80 Å². The van der Waals surface area contributed by atoms with Gasteiger partial charge in [-0.1, -0.05) is 30.9 Å². The van der Waals surface area contributed by atoms with Crippen LogP contribution in [-0.4, -0.2) is 85.6 Å². The van der Waals surface area contributed by atoms with Crippen LogP contribution < -0.4 is 9.64 Å². The highest BCUT2D eigenvalue weighted by molar-refractivity contribution is 6.50. The Hall–Kier alpha value is -3.95. The summed E-state index contributed by atoms with van der Waals surface area (Å²) in [6.07, 6.45) is 2.18. The fourth-order valence-corrected chi connectivity index (χ4v) is 5.56. The maximum atomic E-state index is 14.0. The minimum Gasteiger partial charge on any atom is -0.507 e. The first-order valence-electron chi connectivity index (χ1n) is 12.7. The molecule has 3 aliphatic heterocycles. The van der Waals surface area contributed by atoms with E-state index < -0.39 is 28.9 Å². The Balaban J connectivity index is 1.58. The smallest absolute Gasteiger partial charge is 0.296 e. The number of benzene rings is 2. The molecular formula is C29H31N3O6. The second-order valence-corrected chi connectivity index (χ2v) is 9.53. The van der Waals surface area contributed by atoms with E-state index in [9.17, 15) is 19.5 Å². The zero-order chi connectivity index (χ0) is 26.9. The summed E-state index contributed by atoms with van der Waals surface area (Å²) in [4.78, 5) is 46.2. The second kappa shape index (κ2) is 10.4. The van der Waals surface area contributed by atoms with Gasteiger partial charge in [-0.25, -0.2) is 0 Å². The van der Waals surface area contributed by atoms with Gasteiger partial charge in [0.05, 0.1) is 18.8 Å². The van der Waals surface area contributed by atoms with Gasteiger partial charge in [0.2, 0.25) is 0 Å². The number of carbonyl (C=O) groups excluding carboxylic acids is 3. The summed E-state index contributed by atoms with van der Waals surface area (Å²) in [6, 6.07) is 13.6. The molecule has 1 unspecified atom stereocenters. The molecule has 9 nitrogen and oxygen atoms in total. The SMILES string of the molecule is C=CCOc1ccc(C(O)=C2C(=O)C(=O)N(CCCN3CCOCC3)C23C(=O)N(C)c2ccccc23)cc1. The first-order valence-corrected chi connectivity index (χ1v) is 12.7. The number of anilines is 1. The van der Waals surface area contributed by atoms with Crippen LogP contribution in [-0.2, 0) is 24.7 Å². The van der Waals surface area contributed by atoms with E-state index in [-0.39, 0.29) is 12.1 Å². The predicted octanol–water partition coefficient (Wildman–Crippen LogP) is 2.53. The molecule has 5 rings (SSSR count). The van der Waals surface area contributed by atoms with Crippen LogP contribution in [0.25, 0.3) is 5.76 Å². The van der Waals surface area contributed by atoms with Crippen LogP contribution in [0.15, 0.2) is 66.8 Å². The van der Waals surface area contributed by atoms with Crippen LogP contribution in [0.2, 0.25) is 0 Å². The fraction of sp³-hybridized carbons (Fsp3) is 0.345. The normalized spacial score (nSPS) is 22.8. The molecule has 0 bridgehead atoms. The molecule has 0 aliphatic carbocycles. The Morgan fingerprint density at radius 1 is 1.08 bits per heavy atom. The van der Waals surface area contributed by atoms with Gasteiger partial charge in [0.15, 0.2) is 5.54 Å². The number of carbonyl (C=O) groups is 3. The zero-order valence-corrected chi connectivity index (χ0v) is 21.4. The highest BCUT2D eigenvalue weighted by Crippen LogP contribution is 2.53. The molecule has 2 amide bonds. The van der Waals surface area contributed by atoms with Gasteiger partial charge in [0, 0.05) is 50.0 Å². The monoisotopic (exact) mass is 517 g/mol. The number of Topliss-reactive ketones (excluding diaryl/α,β-unsaturated/α-hetero) is 1. The summed E-state index contributed by atoms with van der Waals surface area (Å²) in [5.41, 5.74) is -0.550. The van der Waals surface area contributed by atoms with E-state index in [1.807, 2.05) is 0 Å². The molecule has 198 valence electrons. The van der Waals surface area contributed by atoms with Crippen LogP contribution in [0.1, 0.15) is 17.5 Å². The van der Waals surface area contributed by atoms with Crippen molar-refractivity contribution in [3.63, 3.8) is 0 Å². The lowest BCUT2D eigenvalue weighted by atomic mass is 9.82. The van der Waals surface area contributed by atoms with Crippen LogP contribution in [0.4, 0.5) is 5.69 Å². The number of para-hydroxylation sites is 1. The Labute approximate surface area is 221 Å². The first kappa shape index (κ1) is 25.7. The molecule has 2 aromatic rings. The van der Waals surface area contributed by atoms with Crippen LogP contribution in [0.5, 0.6) is 5.75 Å². The summed E-state index contributed by atoms with van der Waals surface area (Å²) in [7, 11) is 1.62. The van der Waals surface area contributed by atoms with Gasteiger partial charge in [-0.05, 0) is 36.8 Å². The van der Waals surface area contributed by atoms with Gasteiger partial charge in [0.25, 0.3) is 17.6 Å². The van der Waals surface area contributed by atoms with Crippen LogP contribution in [0.3, 0.4) is 0 Å². The molecular weight excluding hydrogens is 486 g/mol. The number of hydrogen-bond donors (Lipinski definition) is 1. The third-order valence-corrected chi connectivity index (χ3v) is 7.39. The van der Waals surface area contributed by atoms with E-state index in [2.05, 4.69) is 11.5 Å². The van der Waals surface area contributed by atoms with Crippen LogP contribution >= 0.6 is 0 Å². The van der Waals surface area contributed by atoms with Crippen molar-refractivity contribution < 1.29 is 29.0 Å². The van der Waals surface area contributed by atoms with Crippen molar-refractivity contribution in [1.29, 1.82) is 0 Å². The summed E-state index contributed by atoms with van der Waals surface area (Å²) < 4.78 is 10.9. The molecule has 0 radical (unpaired) electrons. The molecule has 1 N–H and O–H groups in total. The van der Waals surface area contributed by atoms with E-state index >= 15 is 0 Å². The molecule has 2 fully saturated rings. The van der Waals surface area contributed by atoms with Crippen molar-refractivity contribution in [2.45, 2.75) is 12.0 Å². The summed E-state index contributed by atoms with van der Waals surface area (Å²) in [5.74, 6) is -1.96. The molecule has 2 saturated heterocycles. The molecule has 3 heterocycles. The number of fused-ring (bicyclic) bond motifs is 2. The number of rotatable bonds is 8. The third kappa shape index (κ3) is 4.08. The lowest BCUT2D eigenvalue weighted by Crippen LogP contribution is -2.52. The fourth-order valence-electron chi connectivity index (χ4n) is 5.56. The molecule has 38 heavy (non-hydrogen) atoms. The Morgan fingerprint density at radius 3 is 2.50 bits per heavy atom. The van der Waals surface area contributed by atoms with Crippen molar-refractivity contribution in [2.24, 2.45) is 0 Å². The molecule has 9 heteroatoms. The van der Waals surface area contributed by atoms with E-state index in [1.54, 1.807) is 61.7 Å². The number of aliphatic hydroxyl groups excluding tert-OH is 1. The zero-order valence-electron chi connectivity index (χ0n) is 21.4. The summed E-state index contributed by atoms with van der Waals surface area (Å²) >= 11 is 0. The number of ketones is 1. The predicted molar refractivity (Wildman–Crippen MR) is 142 cm³/mol. The van der Waals surface area contributed by atoms with Crippen molar-refractivity contribution >= 4 is 29.0 Å². The lowest BCUT2D eigenvalue weighted by Gasteiger charge is -2.35. The average Bonchev–Trinajstić information content (AvgIpc) is 3.31. The van der Waals surface area contributed by atoms with E-state index in [4.69, 9.17) is 9.47 Å². The van der Waals surface area contributed by atoms with Gasteiger partial charge >= 0.3 is 0 Å². The van der Waals surface area contributed by atoms with Crippen molar-refractivity contribution in [3.8, 4) is 5.75 Å². The molecule has 3 aliphatic rings. The van der Waals surface area contributed by atoms with Crippen LogP contribution in [0, 0.1) is 0 Å². The topological polar surface area (TPSA) is 99.6 Å². The van der Waals surface area contributed by atoms with E-state index in [0.717, 1.165) is 13.1 Å². The highest BCUT2D eigenvalue weighted by atomic mass is 16.5. The van der Waals surface area contributed by atoms with E-state index in [0.29, 0.717) is 55.4 Å². The molecule has 1 atom stereocenters. The van der Waals surface area contributed by atoms with Gasteiger partial charge in [-0.2, -0.15) is 0 Å². The largest absolute Gasteiger partial charge is 0.507 e. The summed E-state index contributed by atoms with van der Waals surface area (Å²) in [6.45, 7) is 7.71. The summed E-state index contributed by atoms with van der Waals surface area (Å²) in [5, 5.41) is 11.5. The number of ether oxygens (including phenoxy) is 2. The van der Waals surface area contributed by atoms with Crippen molar-refractivity contribution in [3.05, 3.63) is 77.9 Å². The number of hydrogen-bond acceptors (Lipinski definition) is 7. The minimum atomic E-state index is -1.74. The Bertz CT molecular complexity index is 1300. The lowest BCUT2D eigenvalue weighted by molar-refractivity contribution is -0.143. The van der Waals surface area contributed by atoms with Gasteiger partial charge in [-0.15, -0.1) is 0 Å². The second-order valence-electron chi connectivity index (χ2n) is 9.53. The highest BCUT2D eigenvalue weighted by Gasteiger charge is 2.66. The molecule has 1 spiro atoms. The van der Waals surface area contributed by atoms with Gasteiger partial charge < -0.3 is 24.4 Å². The maximum absolute atomic E-state index is 14.0. The first-order chi connectivity index (χ1) is 18.4. The number of nitrogens with zero attached hydrogens (tertiary/aromatic N) is 3. The molecule has 0 saturated carbocycles. The maximum Gasteiger partial charge on any atom is 0.296 e. The average molecular weight is 518 g/mol. The molecule has 2 aromatic carbocycles. The Morgan fingerprint density at radius 2 is 1.79 bits per heavy atom. The minimum absolute atomic E-state index is 0.182. The standard InChI is InChI=1S/C29H31N3O6/c1-3-17-38-21-11-9-20(10-12-21)25(33)24-26(34)27(35)32(14-6-13-31-15-18-37-19-16-31)29(24)22-7-4-5-8-23(22)30(2)28(29)36/h3-5,7-12,33H,1,6,13-19H2,2H3. The number of aliphatic hydroxyl groups is 1. The number of likely N-dealkylation sites (N-methyl/N-ethyl adjacent to an activating group) is 1. The quantitative estimate of drug-likeness (QED) is 0.249. The van der Waals surface area contributed by atoms with Crippen molar-refractivity contribution in [1.82, 2.24) is 9.80 Å². The van der Waals surface area contributed by atoms with Gasteiger partial charge in [-0.3, -0.25) is 19.3 Å². The van der Waals surface area contributed by atoms with Gasteiger partial charge in [0.1, 0.15) is 18.1 Å². The van der Waals surface area contributed by atoms with Crippen molar-refractivity contribution in [2.75, 3.05) is 57.9 Å². The third-order valence-electron chi connectivity index (χ3n) is 7.39. The Kier molecular flexibility index (Phi) is 7.05. The number of morpholine rings is 1. The number of likely N-dealkylation sites (tertiary alicyclic amines) is 1. The molecule has 0 aromatic heterocycles.